The van der Waals surface area contributed by atoms with Crippen molar-refractivity contribution in [3.05, 3.63) is 143 Å². The SMILES string of the molecule is C=C(N=C1/C(=C(\C)c2cccc(-c3cccc(C)c3)c2)Cc2ccccc21)c1ccccc1. The predicted octanol–water partition coefficient (Wildman–Crippen LogP) is 8.15. The van der Waals surface area contributed by atoms with Crippen LogP contribution in [0, 0.1) is 6.92 Å². The molecule has 160 valence electrons. The minimum atomic E-state index is 0.793. The molecular weight excluding hydrogens is 398 g/mol. The Bertz CT molecular complexity index is 1400. The minimum Gasteiger partial charge on any atom is -0.248 e. The average molecular weight is 426 g/mol. The first-order valence-electron chi connectivity index (χ1n) is 11.4. The van der Waals surface area contributed by atoms with Crippen LogP contribution in [0.1, 0.15) is 34.7 Å². The van der Waals surface area contributed by atoms with Crippen LogP contribution in [0.4, 0.5) is 0 Å². The van der Waals surface area contributed by atoms with Gasteiger partial charge in [-0.25, -0.2) is 4.99 Å². The van der Waals surface area contributed by atoms with E-state index in [9.17, 15) is 0 Å². The Morgan fingerprint density at radius 3 is 2.18 bits per heavy atom. The molecule has 5 rings (SSSR count). The van der Waals surface area contributed by atoms with Crippen LogP contribution in [0.5, 0.6) is 0 Å². The molecule has 4 aromatic carbocycles. The molecule has 0 aliphatic heterocycles. The maximum atomic E-state index is 5.07. The van der Waals surface area contributed by atoms with Gasteiger partial charge in [-0.2, -0.15) is 0 Å². The van der Waals surface area contributed by atoms with Gasteiger partial charge in [0, 0.05) is 12.0 Å². The largest absolute Gasteiger partial charge is 0.248 e. The van der Waals surface area contributed by atoms with Crippen LogP contribution in [0.2, 0.25) is 0 Å². The van der Waals surface area contributed by atoms with Crippen molar-refractivity contribution in [3.8, 4) is 11.1 Å². The highest BCUT2D eigenvalue weighted by molar-refractivity contribution is 6.21. The third-order valence-corrected chi connectivity index (χ3v) is 6.38. The first kappa shape index (κ1) is 20.9. The third-order valence-electron chi connectivity index (χ3n) is 6.38. The Balaban J connectivity index is 1.61. The van der Waals surface area contributed by atoms with Gasteiger partial charge in [-0.05, 0) is 58.9 Å². The van der Waals surface area contributed by atoms with Gasteiger partial charge in [-0.1, -0.05) is 109 Å². The summed E-state index contributed by atoms with van der Waals surface area (Å²) in [5.74, 6) is 0. The van der Waals surface area contributed by atoms with Crippen molar-refractivity contribution in [1.82, 2.24) is 0 Å². The quantitative estimate of drug-likeness (QED) is 0.313. The van der Waals surface area contributed by atoms with Crippen molar-refractivity contribution in [2.75, 3.05) is 0 Å². The van der Waals surface area contributed by atoms with Gasteiger partial charge >= 0.3 is 0 Å². The molecule has 0 atom stereocenters. The molecule has 0 saturated carbocycles. The van der Waals surface area contributed by atoms with Crippen LogP contribution >= 0.6 is 0 Å². The van der Waals surface area contributed by atoms with Gasteiger partial charge in [-0.15, -0.1) is 0 Å². The summed E-state index contributed by atoms with van der Waals surface area (Å²) in [7, 11) is 0. The van der Waals surface area contributed by atoms with E-state index in [1.807, 2.05) is 18.2 Å². The van der Waals surface area contributed by atoms with E-state index in [0.717, 1.165) is 23.4 Å². The lowest BCUT2D eigenvalue weighted by Gasteiger charge is -2.12. The lowest BCUT2D eigenvalue weighted by molar-refractivity contribution is 1.26. The van der Waals surface area contributed by atoms with Gasteiger partial charge in [0.15, 0.2) is 0 Å². The summed E-state index contributed by atoms with van der Waals surface area (Å²) < 4.78 is 0. The highest BCUT2D eigenvalue weighted by atomic mass is 14.8. The normalized spacial score (nSPS) is 15.4. The van der Waals surface area contributed by atoms with Crippen LogP contribution in [-0.4, -0.2) is 5.71 Å². The summed E-state index contributed by atoms with van der Waals surface area (Å²) in [4.78, 5) is 5.07. The zero-order valence-electron chi connectivity index (χ0n) is 19.2. The highest BCUT2D eigenvalue weighted by Gasteiger charge is 2.25. The van der Waals surface area contributed by atoms with E-state index < -0.39 is 0 Å². The Morgan fingerprint density at radius 2 is 1.39 bits per heavy atom. The van der Waals surface area contributed by atoms with Crippen LogP contribution in [0.3, 0.4) is 0 Å². The van der Waals surface area contributed by atoms with E-state index in [-0.39, 0.29) is 0 Å². The van der Waals surface area contributed by atoms with Gasteiger partial charge < -0.3 is 0 Å². The molecular formula is C32H27N. The molecule has 0 heterocycles. The monoisotopic (exact) mass is 425 g/mol. The Morgan fingerprint density at radius 1 is 0.727 bits per heavy atom. The average Bonchev–Trinajstić information content (AvgIpc) is 3.22. The molecule has 0 fully saturated rings. The van der Waals surface area contributed by atoms with Gasteiger partial charge in [0.1, 0.15) is 0 Å². The number of fused-ring (bicyclic) bond motifs is 1. The summed E-state index contributed by atoms with van der Waals surface area (Å²) >= 11 is 0. The number of allylic oxidation sites excluding steroid dienone is 2. The highest BCUT2D eigenvalue weighted by Crippen LogP contribution is 2.35. The number of rotatable bonds is 4. The van der Waals surface area contributed by atoms with Crippen molar-refractivity contribution in [3.63, 3.8) is 0 Å². The van der Waals surface area contributed by atoms with Gasteiger partial charge in [0.05, 0.1) is 11.4 Å². The zero-order chi connectivity index (χ0) is 22.8. The second-order valence-corrected chi connectivity index (χ2v) is 8.66. The Kier molecular flexibility index (Phi) is 5.62. The summed E-state index contributed by atoms with van der Waals surface area (Å²) in [5.41, 5.74) is 12.9. The number of benzene rings is 4. The molecule has 4 aromatic rings. The molecule has 1 aliphatic rings. The van der Waals surface area contributed by atoms with Crippen molar-refractivity contribution in [2.24, 2.45) is 4.99 Å². The fourth-order valence-electron chi connectivity index (χ4n) is 4.54. The molecule has 1 aliphatic carbocycles. The van der Waals surface area contributed by atoms with Gasteiger partial charge in [0.25, 0.3) is 0 Å². The second kappa shape index (κ2) is 8.88. The standard InChI is InChI=1S/C32H27N/c1-22-11-9-16-27(19-22)28-17-10-15-26(20-28)23(2)31-21-29-14-7-8-18-30(29)32(31)33-24(3)25-12-5-4-6-13-25/h4-20H,3,21H2,1-2H3/b31-23+,33-32?. The molecule has 1 heteroatoms. The van der Waals surface area contributed by atoms with Crippen LogP contribution in [0.25, 0.3) is 22.4 Å². The summed E-state index contributed by atoms with van der Waals surface area (Å²) in [6.07, 6.45) is 0.886. The van der Waals surface area contributed by atoms with E-state index in [1.54, 1.807) is 0 Å². The molecule has 0 saturated heterocycles. The fourth-order valence-corrected chi connectivity index (χ4v) is 4.54. The summed E-state index contributed by atoms with van der Waals surface area (Å²) in [6, 6.07) is 36.3. The van der Waals surface area contributed by atoms with E-state index in [2.05, 4.69) is 105 Å². The van der Waals surface area contributed by atoms with E-state index in [4.69, 9.17) is 4.99 Å². The Labute approximate surface area is 196 Å². The number of aliphatic imine (C=N–C) groups is 1. The molecule has 0 unspecified atom stereocenters. The van der Waals surface area contributed by atoms with E-state index >= 15 is 0 Å². The predicted molar refractivity (Wildman–Crippen MR) is 141 cm³/mol. The lowest BCUT2D eigenvalue weighted by Crippen LogP contribution is -2.02. The van der Waals surface area contributed by atoms with E-state index in [0.29, 0.717) is 0 Å². The van der Waals surface area contributed by atoms with Gasteiger partial charge in [-0.3, -0.25) is 0 Å². The topological polar surface area (TPSA) is 12.4 Å². The van der Waals surface area contributed by atoms with Crippen LogP contribution in [0.15, 0.2) is 120 Å². The maximum Gasteiger partial charge on any atom is 0.0750 e. The minimum absolute atomic E-state index is 0.793. The first-order chi connectivity index (χ1) is 16.1. The molecule has 0 radical (unpaired) electrons. The number of hydrogen-bond donors (Lipinski definition) is 0. The molecule has 0 amide bonds. The second-order valence-electron chi connectivity index (χ2n) is 8.66. The summed E-state index contributed by atoms with van der Waals surface area (Å²) in [6.45, 7) is 8.64. The van der Waals surface area contributed by atoms with Crippen molar-refractivity contribution >= 4 is 17.0 Å². The molecule has 1 nitrogen and oxygen atoms in total. The molecule has 0 bridgehead atoms. The summed E-state index contributed by atoms with van der Waals surface area (Å²) in [5, 5.41) is 0. The van der Waals surface area contributed by atoms with Crippen molar-refractivity contribution in [2.45, 2.75) is 20.3 Å². The molecule has 0 spiro atoms. The Hall–Kier alpha value is -3.97. The molecule has 0 N–H and O–H groups in total. The number of nitrogens with zero attached hydrogens (tertiary/aromatic N) is 1. The zero-order valence-corrected chi connectivity index (χ0v) is 19.2. The van der Waals surface area contributed by atoms with E-state index in [1.165, 1.54) is 44.5 Å². The fraction of sp³-hybridized carbons (Fsp3) is 0.0938. The van der Waals surface area contributed by atoms with Crippen molar-refractivity contribution < 1.29 is 0 Å². The smallest absolute Gasteiger partial charge is 0.0750 e. The van der Waals surface area contributed by atoms with Crippen LogP contribution in [-0.2, 0) is 6.42 Å². The van der Waals surface area contributed by atoms with Crippen molar-refractivity contribution in [1.29, 1.82) is 0 Å². The van der Waals surface area contributed by atoms with Gasteiger partial charge in [0.2, 0.25) is 0 Å². The third kappa shape index (κ3) is 4.23. The van der Waals surface area contributed by atoms with Crippen LogP contribution < -0.4 is 0 Å². The molecule has 33 heavy (non-hydrogen) atoms. The lowest BCUT2D eigenvalue weighted by atomic mass is 9.94. The first-order valence-corrected chi connectivity index (χ1v) is 11.4. The maximum absolute atomic E-state index is 5.07. The molecule has 0 aromatic heterocycles. The number of hydrogen-bond acceptors (Lipinski definition) is 1. The number of aryl methyl sites for hydroxylation is 1.